The Hall–Kier alpha value is -1.31. The second-order valence-corrected chi connectivity index (χ2v) is 4.45. The Balaban J connectivity index is 4.77. The maximum atomic E-state index is 10.7. The summed E-state index contributed by atoms with van der Waals surface area (Å²) < 4.78 is 0. The molecule has 0 saturated heterocycles. The van der Waals surface area contributed by atoms with Gasteiger partial charge in [0, 0.05) is 0 Å². The van der Waals surface area contributed by atoms with Gasteiger partial charge in [-0.1, -0.05) is 45.1 Å². The Morgan fingerprint density at radius 3 is 2.20 bits per heavy atom. The van der Waals surface area contributed by atoms with Crippen LogP contribution in [0.4, 0.5) is 0 Å². The number of aliphatic carboxylic acids is 1. The van der Waals surface area contributed by atoms with Crippen molar-refractivity contribution < 1.29 is 9.90 Å². The van der Waals surface area contributed by atoms with E-state index in [9.17, 15) is 4.79 Å². The van der Waals surface area contributed by atoms with E-state index in [2.05, 4.69) is 27.4 Å². The lowest BCUT2D eigenvalue weighted by molar-refractivity contribution is -0.138. The first kappa shape index (κ1) is 13.7. The third-order valence-electron chi connectivity index (χ3n) is 2.20. The number of rotatable bonds is 4. The molecule has 0 aliphatic carbocycles. The standard InChI is InChI=1S/C13H20O2/c1-6-10(12(14)15)8-9-11(7-2)13(3,4)5/h6-10H,1H2,2-5H3,(H,14,15). The number of allylic oxidation sites excluding steroid dienone is 3. The van der Waals surface area contributed by atoms with Crippen LogP contribution in [0.25, 0.3) is 0 Å². The minimum absolute atomic E-state index is 0.0372. The predicted molar refractivity (Wildman–Crippen MR) is 63.7 cm³/mol. The lowest BCUT2D eigenvalue weighted by Crippen LogP contribution is -2.10. The zero-order chi connectivity index (χ0) is 12.1. The third kappa shape index (κ3) is 4.63. The van der Waals surface area contributed by atoms with Crippen molar-refractivity contribution in [2.75, 3.05) is 0 Å². The maximum Gasteiger partial charge on any atom is 0.314 e. The van der Waals surface area contributed by atoms with Gasteiger partial charge in [0.25, 0.3) is 0 Å². The quantitative estimate of drug-likeness (QED) is 0.567. The van der Waals surface area contributed by atoms with Crippen LogP contribution in [0, 0.1) is 11.3 Å². The van der Waals surface area contributed by atoms with Crippen molar-refractivity contribution in [1.82, 2.24) is 0 Å². The van der Waals surface area contributed by atoms with Gasteiger partial charge in [-0.2, -0.15) is 0 Å². The molecule has 0 aromatic rings. The van der Waals surface area contributed by atoms with Crippen LogP contribution in [0.1, 0.15) is 27.7 Å². The molecule has 0 heterocycles. The summed E-state index contributed by atoms with van der Waals surface area (Å²) in [5.74, 6) is -1.48. The molecule has 0 fully saturated rings. The van der Waals surface area contributed by atoms with Gasteiger partial charge < -0.3 is 5.11 Å². The fraction of sp³-hybridized carbons (Fsp3) is 0.462. The topological polar surface area (TPSA) is 37.3 Å². The van der Waals surface area contributed by atoms with Gasteiger partial charge in [0.05, 0.1) is 5.92 Å². The molecular formula is C13H20O2. The molecule has 0 saturated carbocycles. The third-order valence-corrected chi connectivity index (χ3v) is 2.20. The lowest BCUT2D eigenvalue weighted by Gasteiger charge is -2.20. The molecule has 0 aliphatic heterocycles. The van der Waals surface area contributed by atoms with Crippen LogP contribution in [0.5, 0.6) is 0 Å². The summed E-state index contributed by atoms with van der Waals surface area (Å²) in [5, 5.41) is 8.82. The van der Waals surface area contributed by atoms with Gasteiger partial charge in [-0.25, -0.2) is 0 Å². The van der Waals surface area contributed by atoms with Gasteiger partial charge in [0.2, 0.25) is 0 Å². The molecule has 0 bridgehead atoms. The van der Waals surface area contributed by atoms with E-state index in [0.717, 1.165) is 5.57 Å². The number of hydrogen-bond donors (Lipinski definition) is 1. The van der Waals surface area contributed by atoms with E-state index in [0.29, 0.717) is 0 Å². The van der Waals surface area contributed by atoms with Gasteiger partial charge in [-0.3, -0.25) is 4.79 Å². The normalized spacial score (nSPS) is 15.3. The fourth-order valence-corrected chi connectivity index (χ4v) is 1.25. The minimum Gasteiger partial charge on any atom is -0.481 e. The summed E-state index contributed by atoms with van der Waals surface area (Å²) in [4.78, 5) is 10.7. The Labute approximate surface area is 92.0 Å². The monoisotopic (exact) mass is 208 g/mol. The van der Waals surface area contributed by atoms with E-state index >= 15 is 0 Å². The van der Waals surface area contributed by atoms with Gasteiger partial charge in [0.1, 0.15) is 0 Å². The molecule has 0 aromatic heterocycles. The van der Waals surface area contributed by atoms with E-state index < -0.39 is 11.9 Å². The first-order chi connectivity index (χ1) is 6.82. The number of carbonyl (C=O) groups is 1. The van der Waals surface area contributed by atoms with Crippen molar-refractivity contribution in [3.05, 3.63) is 36.5 Å². The van der Waals surface area contributed by atoms with E-state index in [1.165, 1.54) is 6.08 Å². The number of carboxylic acids is 1. The van der Waals surface area contributed by atoms with Crippen LogP contribution in [0.2, 0.25) is 0 Å². The highest BCUT2D eigenvalue weighted by molar-refractivity contribution is 5.74. The second kappa shape index (κ2) is 5.54. The zero-order valence-electron chi connectivity index (χ0n) is 9.95. The summed E-state index contributed by atoms with van der Waals surface area (Å²) in [6.07, 6.45) is 6.95. The molecule has 0 aromatic carbocycles. The molecule has 0 spiro atoms. The fourth-order valence-electron chi connectivity index (χ4n) is 1.25. The average Bonchev–Trinajstić information content (AvgIpc) is 2.09. The lowest BCUT2D eigenvalue weighted by atomic mass is 9.85. The van der Waals surface area contributed by atoms with Crippen LogP contribution in [0.3, 0.4) is 0 Å². The highest BCUT2D eigenvalue weighted by atomic mass is 16.4. The molecule has 1 atom stereocenters. The maximum absolute atomic E-state index is 10.7. The molecule has 0 radical (unpaired) electrons. The SMILES string of the molecule is C=CC(C=CC(=CC)C(C)(C)C)C(=O)O. The Morgan fingerprint density at radius 1 is 1.40 bits per heavy atom. The van der Waals surface area contributed by atoms with Crippen molar-refractivity contribution in [3.63, 3.8) is 0 Å². The first-order valence-corrected chi connectivity index (χ1v) is 5.03. The van der Waals surface area contributed by atoms with Crippen molar-refractivity contribution in [2.24, 2.45) is 11.3 Å². The molecule has 0 amide bonds. The van der Waals surface area contributed by atoms with E-state index in [1.54, 1.807) is 6.08 Å². The van der Waals surface area contributed by atoms with Gasteiger partial charge in [-0.15, -0.1) is 6.58 Å². The number of carboxylic acid groups (broad SMARTS) is 1. The largest absolute Gasteiger partial charge is 0.481 e. The zero-order valence-corrected chi connectivity index (χ0v) is 9.95. The van der Waals surface area contributed by atoms with E-state index in [1.807, 2.05) is 19.1 Å². The Bertz CT molecular complexity index is 290. The minimum atomic E-state index is -0.870. The summed E-state index contributed by atoms with van der Waals surface area (Å²) in [6, 6.07) is 0. The highest BCUT2D eigenvalue weighted by Gasteiger charge is 2.15. The Kier molecular flexibility index (Phi) is 5.06. The summed E-state index contributed by atoms with van der Waals surface area (Å²) in [7, 11) is 0. The molecule has 15 heavy (non-hydrogen) atoms. The van der Waals surface area contributed by atoms with Gasteiger partial charge >= 0.3 is 5.97 Å². The molecular weight excluding hydrogens is 188 g/mol. The molecule has 1 N–H and O–H groups in total. The smallest absolute Gasteiger partial charge is 0.314 e. The van der Waals surface area contributed by atoms with Crippen LogP contribution in [0.15, 0.2) is 36.5 Å². The average molecular weight is 208 g/mol. The molecule has 0 aliphatic rings. The van der Waals surface area contributed by atoms with Crippen LogP contribution >= 0.6 is 0 Å². The summed E-state index contributed by atoms with van der Waals surface area (Å²) >= 11 is 0. The number of hydrogen-bond acceptors (Lipinski definition) is 1. The van der Waals surface area contributed by atoms with E-state index in [4.69, 9.17) is 5.11 Å². The highest BCUT2D eigenvalue weighted by Crippen LogP contribution is 2.26. The summed E-state index contributed by atoms with van der Waals surface area (Å²) in [6.45, 7) is 11.7. The molecule has 2 heteroatoms. The van der Waals surface area contributed by atoms with Crippen LogP contribution in [-0.4, -0.2) is 11.1 Å². The second-order valence-electron chi connectivity index (χ2n) is 4.45. The molecule has 2 nitrogen and oxygen atoms in total. The van der Waals surface area contributed by atoms with Crippen molar-refractivity contribution in [1.29, 1.82) is 0 Å². The first-order valence-electron chi connectivity index (χ1n) is 5.03. The molecule has 84 valence electrons. The predicted octanol–water partition coefficient (Wildman–Crippen LogP) is 3.42. The summed E-state index contributed by atoms with van der Waals surface area (Å²) in [5.41, 5.74) is 1.16. The van der Waals surface area contributed by atoms with Crippen molar-refractivity contribution in [3.8, 4) is 0 Å². The van der Waals surface area contributed by atoms with Gasteiger partial charge in [-0.05, 0) is 17.9 Å². The van der Waals surface area contributed by atoms with Crippen molar-refractivity contribution in [2.45, 2.75) is 27.7 Å². The Morgan fingerprint density at radius 2 is 1.93 bits per heavy atom. The van der Waals surface area contributed by atoms with Crippen molar-refractivity contribution >= 4 is 5.97 Å². The van der Waals surface area contributed by atoms with Gasteiger partial charge in [0.15, 0.2) is 0 Å². The van der Waals surface area contributed by atoms with Crippen LogP contribution < -0.4 is 0 Å². The van der Waals surface area contributed by atoms with Crippen LogP contribution in [-0.2, 0) is 4.79 Å². The molecule has 1 unspecified atom stereocenters. The van der Waals surface area contributed by atoms with E-state index in [-0.39, 0.29) is 5.41 Å². The molecule has 0 rings (SSSR count).